The Morgan fingerprint density at radius 2 is 1.82 bits per heavy atom. The lowest BCUT2D eigenvalue weighted by atomic mass is 10.1. The van der Waals surface area contributed by atoms with E-state index in [1.54, 1.807) is 47.9 Å². The van der Waals surface area contributed by atoms with E-state index < -0.39 is 5.97 Å². The average molecular weight is 477 g/mol. The van der Waals surface area contributed by atoms with Crippen LogP contribution in [0, 0.1) is 13.8 Å². The minimum absolute atomic E-state index is 0.141. The van der Waals surface area contributed by atoms with Crippen LogP contribution in [0.1, 0.15) is 38.5 Å². The van der Waals surface area contributed by atoms with Gasteiger partial charge in [-0.3, -0.25) is 4.79 Å². The molecule has 0 aliphatic carbocycles. The number of methoxy groups -OCH3 is 1. The summed E-state index contributed by atoms with van der Waals surface area (Å²) in [6.45, 7) is 5.71. The minimum atomic E-state index is -0.489. The average Bonchev–Trinajstić information content (AvgIpc) is 2.93. The summed E-state index contributed by atoms with van der Waals surface area (Å²) in [5.41, 5.74) is 2.48. The monoisotopic (exact) mass is 476 g/mol. The topological polar surface area (TPSA) is 104 Å². The van der Waals surface area contributed by atoms with Crippen LogP contribution in [0.25, 0.3) is 0 Å². The zero-order chi connectivity index (χ0) is 24.0. The Hall–Kier alpha value is -3.04. The van der Waals surface area contributed by atoms with Crippen molar-refractivity contribution in [2.24, 2.45) is 0 Å². The van der Waals surface area contributed by atoms with Crippen molar-refractivity contribution in [2.45, 2.75) is 20.3 Å². The van der Waals surface area contributed by atoms with Gasteiger partial charge in [0.05, 0.1) is 12.2 Å². The highest BCUT2D eigenvalue weighted by Gasteiger charge is 2.28. The van der Waals surface area contributed by atoms with Crippen molar-refractivity contribution in [3.63, 3.8) is 0 Å². The summed E-state index contributed by atoms with van der Waals surface area (Å²) in [7, 11) is 1.53. The number of nitrogens with one attached hydrogen (secondary N) is 2. The van der Waals surface area contributed by atoms with Gasteiger partial charge < -0.3 is 29.6 Å². The van der Waals surface area contributed by atoms with E-state index in [2.05, 4.69) is 10.3 Å². The molecule has 2 heterocycles. The van der Waals surface area contributed by atoms with E-state index >= 15 is 0 Å². The smallest absolute Gasteiger partial charge is 0.340 e. The van der Waals surface area contributed by atoms with Crippen molar-refractivity contribution in [1.29, 1.82) is 0 Å². The maximum absolute atomic E-state index is 13.2. The Labute approximate surface area is 198 Å². The summed E-state index contributed by atoms with van der Waals surface area (Å²) >= 11 is 5.98. The van der Waals surface area contributed by atoms with Crippen molar-refractivity contribution >= 4 is 35.2 Å². The molecule has 0 radical (unpaired) electrons. The van der Waals surface area contributed by atoms with E-state index in [0.29, 0.717) is 72.4 Å². The molecule has 3 rings (SSSR count). The van der Waals surface area contributed by atoms with Crippen LogP contribution < -0.4 is 5.32 Å². The van der Waals surface area contributed by atoms with Crippen molar-refractivity contribution in [1.82, 2.24) is 14.8 Å². The Morgan fingerprint density at radius 1 is 1.09 bits per heavy atom. The zero-order valence-corrected chi connectivity index (χ0v) is 19.8. The number of hydrogen-bond acceptors (Lipinski definition) is 5. The molecule has 0 spiro atoms. The summed E-state index contributed by atoms with van der Waals surface area (Å²) < 4.78 is 10.1. The molecule has 1 aromatic heterocycles. The number of hydrogen-bond donors (Lipinski definition) is 2. The van der Waals surface area contributed by atoms with Gasteiger partial charge in [-0.25, -0.2) is 9.59 Å². The standard InChI is InChI=1S/C23H29ClN4O5/c1-15-19(22(30)33-13-12-32-3)16(2)25-20(15)21(29)27-8-5-9-28(11-10-27)23(31)26-18-7-4-6-17(24)14-18/h4,6-7,14,25H,5,8-13H2,1-3H3,(H,26,31). The summed E-state index contributed by atoms with van der Waals surface area (Å²) in [6, 6.07) is 6.72. The Balaban J connectivity index is 1.64. The maximum Gasteiger partial charge on any atom is 0.340 e. The number of urea groups is 1. The second-order valence-corrected chi connectivity index (χ2v) is 8.26. The molecule has 1 aliphatic heterocycles. The molecule has 0 atom stereocenters. The number of carbonyl (C=O) groups excluding carboxylic acids is 3. The third-order valence-electron chi connectivity index (χ3n) is 5.52. The second-order valence-electron chi connectivity index (χ2n) is 7.83. The van der Waals surface area contributed by atoms with Gasteiger partial charge in [0.1, 0.15) is 12.3 Å². The molecule has 2 N–H and O–H groups in total. The van der Waals surface area contributed by atoms with Gasteiger partial charge in [0.15, 0.2) is 0 Å². The molecule has 33 heavy (non-hydrogen) atoms. The van der Waals surface area contributed by atoms with Crippen molar-refractivity contribution in [3.8, 4) is 0 Å². The molecular weight excluding hydrogens is 448 g/mol. The van der Waals surface area contributed by atoms with E-state index in [0.717, 1.165) is 0 Å². The molecule has 3 amide bonds. The van der Waals surface area contributed by atoms with Gasteiger partial charge in [0.2, 0.25) is 0 Å². The van der Waals surface area contributed by atoms with Crippen LogP contribution in [0.5, 0.6) is 0 Å². The largest absolute Gasteiger partial charge is 0.460 e. The SMILES string of the molecule is COCCOC(=O)c1c(C)[nH]c(C(=O)N2CCCN(C(=O)Nc3cccc(Cl)c3)CC2)c1C. The molecule has 10 heteroatoms. The van der Waals surface area contributed by atoms with Gasteiger partial charge >= 0.3 is 12.0 Å². The molecular formula is C23H29ClN4O5. The molecule has 1 saturated heterocycles. The first kappa shape index (κ1) is 24.6. The zero-order valence-electron chi connectivity index (χ0n) is 19.1. The fraction of sp³-hybridized carbons (Fsp3) is 0.435. The number of aryl methyl sites for hydroxylation is 1. The van der Waals surface area contributed by atoms with Crippen LogP contribution in [-0.2, 0) is 9.47 Å². The summed E-state index contributed by atoms with van der Waals surface area (Å²) in [4.78, 5) is 44.7. The molecule has 0 saturated carbocycles. The number of aromatic nitrogens is 1. The maximum atomic E-state index is 13.2. The number of anilines is 1. The molecule has 178 valence electrons. The highest BCUT2D eigenvalue weighted by Crippen LogP contribution is 2.21. The van der Waals surface area contributed by atoms with E-state index in [4.69, 9.17) is 21.1 Å². The number of amides is 3. The number of nitrogens with zero attached hydrogens (tertiary/aromatic N) is 2. The number of esters is 1. The Kier molecular flexibility index (Phi) is 8.35. The van der Waals surface area contributed by atoms with Crippen LogP contribution in [0.2, 0.25) is 5.02 Å². The van der Waals surface area contributed by atoms with Crippen LogP contribution >= 0.6 is 11.6 Å². The third-order valence-corrected chi connectivity index (χ3v) is 5.76. The molecule has 0 unspecified atom stereocenters. The highest BCUT2D eigenvalue weighted by molar-refractivity contribution is 6.30. The van der Waals surface area contributed by atoms with Crippen LogP contribution in [0.3, 0.4) is 0 Å². The second kappa shape index (κ2) is 11.2. The van der Waals surface area contributed by atoms with Gasteiger partial charge in [-0.15, -0.1) is 0 Å². The number of ether oxygens (including phenoxy) is 2. The number of H-pyrrole nitrogens is 1. The fourth-order valence-corrected chi connectivity index (χ4v) is 4.00. The molecule has 2 aromatic rings. The quantitative estimate of drug-likeness (QED) is 0.490. The highest BCUT2D eigenvalue weighted by atomic mass is 35.5. The number of halogens is 1. The summed E-state index contributed by atoms with van der Waals surface area (Å²) in [6.07, 6.45) is 0.638. The first-order valence-corrected chi connectivity index (χ1v) is 11.2. The molecule has 9 nitrogen and oxygen atoms in total. The number of carbonyl (C=O) groups is 3. The number of aromatic amines is 1. The first-order valence-electron chi connectivity index (χ1n) is 10.8. The summed E-state index contributed by atoms with van der Waals surface area (Å²) in [5.74, 6) is -0.694. The van der Waals surface area contributed by atoms with E-state index in [9.17, 15) is 14.4 Å². The van der Waals surface area contributed by atoms with E-state index in [-0.39, 0.29) is 18.5 Å². The van der Waals surface area contributed by atoms with E-state index in [1.807, 2.05) is 0 Å². The molecule has 1 fully saturated rings. The normalized spacial score (nSPS) is 14.1. The molecule has 1 aliphatic rings. The third kappa shape index (κ3) is 6.06. The van der Waals surface area contributed by atoms with Crippen molar-refractivity contribution in [3.05, 3.63) is 51.8 Å². The minimum Gasteiger partial charge on any atom is -0.460 e. The van der Waals surface area contributed by atoms with Gasteiger partial charge in [-0.2, -0.15) is 0 Å². The van der Waals surface area contributed by atoms with Gasteiger partial charge in [0.25, 0.3) is 5.91 Å². The van der Waals surface area contributed by atoms with Gasteiger partial charge in [0, 0.05) is 49.7 Å². The summed E-state index contributed by atoms with van der Waals surface area (Å²) in [5, 5.41) is 3.38. The van der Waals surface area contributed by atoms with Crippen LogP contribution in [0.15, 0.2) is 24.3 Å². The molecule has 1 aromatic carbocycles. The lowest BCUT2D eigenvalue weighted by Gasteiger charge is -2.22. The van der Waals surface area contributed by atoms with Crippen molar-refractivity contribution < 1.29 is 23.9 Å². The van der Waals surface area contributed by atoms with Crippen LogP contribution in [0.4, 0.5) is 10.5 Å². The number of benzene rings is 1. The number of rotatable bonds is 6. The van der Waals surface area contributed by atoms with Crippen molar-refractivity contribution in [2.75, 3.05) is 51.8 Å². The lowest BCUT2D eigenvalue weighted by Crippen LogP contribution is -2.39. The predicted molar refractivity (Wildman–Crippen MR) is 125 cm³/mol. The fourth-order valence-electron chi connectivity index (χ4n) is 3.81. The predicted octanol–water partition coefficient (Wildman–Crippen LogP) is 3.47. The van der Waals surface area contributed by atoms with Gasteiger partial charge in [-0.05, 0) is 44.0 Å². The first-order chi connectivity index (χ1) is 15.8. The Morgan fingerprint density at radius 3 is 2.55 bits per heavy atom. The Bertz CT molecular complexity index is 1020. The van der Waals surface area contributed by atoms with Gasteiger partial charge in [-0.1, -0.05) is 17.7 Å². The molecule has 0 bridgehead atoms. The van der Waals surface area contributed by atoms with Crippen LogP contribution in [-0.4, -0.2) is 79.2 Å². The lowest BCUT2D eigenvalue weighted by molar-refractivity contribution is 0.0386. The van der Waals surface area contributed by atoms with E-state index in [1.165, 1.54) is 7.11 Å².